The van der Waals surface area contributed by atoms with Crippen LogP contribution in [-0.2, 0) is 9.53 Å². The zero-order valence-corrected chi connectivity index (χ0v) is 11.0. The molecule has 4 atom stereocenters. The van der Waals surface area contributed by atoms with Gasteiger partial charge in [0, 0.05) is 11.8 Å². The topological polar surface area (TPSA) is 46.5 Å². The van der Waals surface area contributed by atoms with E-state index < -0.39 is 0 Å². The lowest BCUT2D eigenvalue weighted by Gasteiger charge is -2.34. The minimum Gasteiger partial charge on any atom is -0.459 e. The van der Waals surface area contributed by atoms with Gasteiger partial charge in [0.05, 0.1) is 12.0 Å². The molecule has 3 nitrogen and oxygen atoms in total. The van der Waals surface area contributed by atoms with Crippen LogP contribution in [0.25, 0.3) is 0 Å². The lowest BCUT2D eigenvalue weighted by atomic mass is 9.85. The molecule has 0 aromatic carbocycles. The number of ether oxygens (including phenoxy) is 1. The Hall–Kier alpha value is -0.830. The largest absolute Gasteiger partial charge is 0.459 e. The van der Waals surface area contributed by atoms with Crippen molar-refractivity contribution >= 4 is 5.97 Å². The Labute approximate surface area is 108 Å². The molecule has 4 unspecified atom stereocenters. The molecule has 0 saturated heterocycles. The van der Waals surface area contributed by atoms with Gasteiger partial charge < -0.3 is 9.84 Å². The number of aliphatic hydroxyl groups excluding tert-OH is 1. The van der Waals surface area contributed by atoms with E-state index in [0.717, 1.165) is 32.1 Å². The molecule has 0 aromatic rings. The molecule has 0 radical (unpaired) electrons. The molecule has 0 aliphatic heterocycles. The summed E-state index contributed by atoms with van der Waals surface area (Å²) in [5, 5.41) is 9.95. The molecule has 1 N–H and O–H groups in total. The van der Waals surface area contributed by atoms with Crippen LogP contribution in [-0.4, -0.2) is 22.8 Å². The Bertz CT molecular complexity index is 368. The third kappa shape index (κ3) is 1.99. The van der Waals surface area contributed by atoms with Gasteiger partial charge in [-0.25, -0.2) is 0 Å². The second-order valence-electron chi connectivity index (χ2n) is 6.39. The van der Waals surface area contributed by atoms with Crippen LogP contribution >= 0.6 is 0 Å². The minimum atomic E-state index is -0.360. The summed E-state index contributed by atoms with van der Waals surface area (Å²) in [4.78, 5) is 12.3. The normalized spacial score (nSPS) is 41.0. The average molecular weight is 250 g/mol. The zero-order chi connectivity index (χ0) is 12.8. The van der Waals surface area contributed by atoms with Gasteiger partial charge in [-0.15, -0.1) is 0 Å². The van der Waals surface area contributed by atoms with Crippen LogP contribution in [0.15, 0.2) is 12.2 Å². The Balaban J connectivity index is 1.64. The molecule has 0 spiro atoms. The fourth-order valence-electron chi connectivity index (χ4n) is 3.80. The van der Waals surface area contributed by atoms with Gasteiger partial charge in [0.2, 0.25) is 0 Å². The van der Waals surface area contributed by atoms with Crippen LogP contribution in [0.1, 0.15) is 45.4 Å². The fraction of sp³-hybridized carbons (Fsp3) is 0.800. The smallest absolute Gasteiger partial charge is 0.310 e. The van der Waals surface area contributed by atoms with Crippen LogP contribution < -0.4 is 0 Å². The van der Waals surface area contributed by atoms with Crippen LogP contribution in [0.5, 0.6) is 0 Å². The SMILES string of the molecule is CC1(OC(=O)C2CC3C=CC2C3O)CCCCC1. The van der Waals surface area contributed by atoms with Gasteiger partial charge in [-0.1, -0.05) is 18.6 Å². The number of fused-ring (bicyclic) bond motifs is 2. The summed E-state index contributed by atoms with van der Waals surface area (Å²) >= 11 is 0. The van der Waals surface area contributed by atoms with Crippen LogP contribution in [0.4, 0.5) is 0 Å². The van der Waals surface area contributed by atoms with E-state index >= 15 is 0 Å². The predicted molar refractivity (Wildman–Crippen MR) is 67.8 cm³/mol. The number of esters is 1. The van der Waals surface area contributed by atoms with Crippen molar-refractivity contribution in [1.29, 1.82) is 0 Å². The standard InChI is InChI=1S/C15H22O3/c1-15(7-3-2-4-8-15)18-14(17)12-9-10-5-6-11(12)13(10)16/h5-6,10-13,16H,2-4,7-9H2,1H3. The molecule has 18 heavy (non-hydrogen) atoms. The van der Waals surface area contributed by atoms with E-state index in [-0.39, 0.29) is 35.4 Å². The van der Waals surface area contributed by atoms with Crippen molar-refractivity contribution in [3.8, 4) is 0 Å². The second-order valence-corrected chi connectivity index (χ2v) is 6.39. The van der Waals surface area contributed by atoms with Crippen LogP contribution in [0.3, 0.4) is 0 Å². The van der Waals surface area contributed by atoms with Crippen molar-refractivity contribution in [1.82, 2.24) is 0 Å². The molecule has 2 saturated carbocycles. The first-order valence-corrected chi connectivity index (χ1v) is 7.18. The third-order valence-corrected chi connectivity index (χ3v) is 4.97. The summed E-state index contributed by atoms with van der Waals surface area (Å²) in [6.07, 6.45) is 9.97. The van der Waals surface area contributed by atoms with Gasteiger partial charge in [-0.2, -0.15) is 0 Å². The van der Waals surface area contributed by atoms with Crippen molar-refractivity contribution in [2.24, 2.45) is 17.8 Å². The van der Waals surface area contributed by atoms with E-state index in [0.29, 0.717) is 0 Å². The van der Waals surface area contributed by atoms with E-state index in [1.54, 1.807) is 0 Å². The maximum Gasteiger partial charge on any atom is 0.310 e. The highest BCUT2D eigenvalue weighted by Crippen LogP contribution is 2.45. The van der Waals surface area contributed by atoms with E-state index in [1.807, 2.05) is 12.2 Å². The molecule has 3 heteroatoms. The highest BCUT2D eigenvalue weighted by Gasteiger charge is 2.48. The number of aliphatic hydroxyl groups is 1. The number of hydrogen-bond acceptors (Lipinski definition) is 3. The minimum absolute atomic E-state index is 0.00492. The van der Waals surface area contributed by atoms with Gasteiger partial charge in [0.15, 0.2) is 0 Å². The molecule has 0 amide bonds. The first-order valence-electron chi connectivity index (χ1n) is 7.18. The second kappa shape index (κ2) is 4.37. The van der Waals surface area contributed by atoms with Crippen molar-refractivity contribution in [2.75, 3.05) is 0 Å². The van der Waals surface area contributed by atoms with E-state index in [9.17, 15) is 9.90 Å². The Kier molecular flexibility index (Phi) is 2.97. The maximum atomic E-state index is 12.3. The van der Waals surface area contributed by atoms with E-state index in [4.69, 9.17) is 4.74 Å². The lowest BCUT2D eigenvalue weighted by molar-refractivity contribution is -0.167. The summed E-state index contributed by atoms with van der Waals surface area (Å²) in [6, 6.07) is 0. The maximum absolute atomic E-state index is 12.3. The van der Waals surface area contributed by atoms with Crippen LogP contribution in [0, 0.1) is 17.8 Å². The molecule has 2 bridgehead atoms. The monoisotopic (exact) mass is 250 g/mol. The molecule has 2 fully saturated rings. The summed E-state index contributed by atoms with van der Waals surface area (Å²) in [6.45, 7) is 2.06. The van der Waals surface area contributed by atoms with Crippen molar-refractivity contribution in [3.63, 3.8) is 0 Å². The van der Waals surface area contributed by atoms with E-state index in [2.05, 4.69) is 6.92 Å². The summed E-state index contributed by atoms with van der Waals surface area (Å²) < 4.78 is 5.78. The van der Waals surface area contributed by atoms with Crippen molar-refractivity contribution in [2.45, 2.75) is 57.2 Å². The van der Waals surface area contributed by atoms with Crippen molar-refractivity contribution < 1.29 is 14.6 Å². The molecule has 0 aromatic heterocycles. The highest BCUT2D eigenvalue weighted by molar-refractivity contribution is 5.74. The Morgan fingerprint density at radius 3 is 2.56 bits per heavy atom. The van der Waals surface area contributed by atoms with Gasteiger partial charge in [0.25, 0.3) is 0 Å². The summed E-state index contributed by atoms with van der Waals surface area (Å²) in [5.41, 5.74) is -0.258. The number of hydrogen-bond donors (Lipinski definition) is 1. The van der Waals surface area contributed by atoms with Gasteiger partial charge in [-0.3, -0.25) is 4.79 Å². The molecule has 3 rings (SSSR count). The number of carbonyl (C=O) groups excluding carboxylic acids is 1. The molecule has 0 heterocycles. The summed E-state index contributed by atoms with van der Waals surface area (Å²) in [5.74, 6) is -0.0366. The lowest BCUT2D eigenvalue weighted by Crippen LogP contribution is -2.37. The van der Waals surface area contributed by atoms with Crippen LogP contribution in [0.2, 0.25) is 0 Å². The van der Waals surface area contributed by atoms with Gasteiger partial charge in [0.1, 0.15) is 5.60 Å². The number of rotatable bonds is 2. The quantitative estimate of drug-likeness (QED) is 0.605. The van der Waals surface area contributed by atoms with Gasteiger partial charge >= 0.3 is 5.97 Å². The van der Waals surface area contributed by atoms with Gasteiger partial charge in [-0.05, 0) is 39.0 Å². The van der Waals surface area contributed by atoms with Crippen molar-refractivity contribution in [3.05, 3.63) is 12.2 Å². The molecule has 100 valence electrons. The molecular weight excluding hydrogens is 228 g/mol. The number of carbonyl (C=O) groups is 1. The zero-order valence-electron chi connectivity index (χ0n) is 11.0. The molecule has 3 aliphatic carbocycles. The first-order chi connectivity index (χ1) is 8.59. The molecular formula is C15H22O3. The highest BCUT2D eigenvalue weighted by atomic mass is 16.6. The predicted octanol–water partition coefficient (Wildman–Crippen LogP) is 2.44. The molecule has 3 aliphatic rings. The Morgan fingerprint density at radius 2 is 2.00 bits per heavy atom. The summed E-state index contributed by atoms with van der Waals surface area (Å²) in [7, 11) is 0. The first kappa shape index (κ1) is 12.2. The Morgan fingerprint density at radius 1 is 1.28 bits per heavy atom. The van der Waals surface area contributed by atoms with E-state index in [1.165, 1.54) is 6.42 Å². The third-order valence-electron chi connectivity index (χ3n) is 4.97. The fourth-order valence-corrected chi connectivity index (χ4v) is 3.80. The average Bonchev–Trinajstić information content (AvgIpc) is 2.85.